The van der Waals surface area contributed by atoms with Gasteiger partial charge in [0.15, 0.2) is 17.2 Å². The second-order valence-electron chi connectivity index (χ2n) is 6.45. The number of ether oxygens (including phenoxy) is 1. The van der Waals surface area contributed by atoms with Crippen LogP contribution < -0.4 is 9.62 Å². The van der Waals surface area contributed by atoms with Crippen molar-refractivity contribution in [2.24, 2.45) is 0 Å². The lowest BCUT2D eigenvalue weighted by molar-refractivity contribution is -0.140. The molecule has 0 fully saturated rings. The fraction of sp³-hybridized carbons (Fsp3) is 0.235. The molecule has 154 valence electrons. The molecule has 0 aliphatic heterocycles. The molecule has 0 saturated heterocycles. The van der Waals surface area contributed by atoms with Crippen LogP contribution in [0.4, 0.5) is 13.2 Å². The predicted molar refractivity (Wildman–Crippen MR) is 108 cm³/mol. The van der Waals surface area contributed by atoms with Crippen LogP contribution in [-0.2, 0) is 17.8 Å². The maximum atomic E-state index is 13.1. The summed E-state index contributed by atoms with van der Waals surface area (Å²) < 4.78 is 45.4. The number of halogens is 4. The van der Waals surface area contributed by atoms with Gasteiger partial charge in [-0.25, -0.2) is 20.2 Å². The van der Waals surface area contributed by atoms with E-state index in [1.807, 2.05) is 0 Å². The Morgan fingerprint density at radius 1 is 1.16 bits per heavy atom. The highest BCUT2D eigenvalue weighted by Gasteiger charge is 2.36. The first-order chi connectivity index (χ1) is 14.4. The molecule has 0 aliphatic rings. The highest BCUT2D eigenvalue weighted by molar-refractivity contribution is 6.56. The van der Waals surface area contributed by atoms with Gasteiger partial charge in [-0.05, 0) is 17.7 Å². The second-order valence-corrected chi connectivity index (χ2v) is 6.79. The number of hydrogen-bond donors (Lipinski definition) is 1. The summed E-state index contributed by atoms with van der Waals surface area (Å²) in [4.78, 5) is 15.8. The Hall–Kier alpha value is -2.66. The van der Waals surface area contributed by atoms with Crippen LogP contribution in [0.1, 0.15) is 17.0 Å². The number of nitrogens with zero attached hydrogens (tertiary/aromatic N) is 4. The van der Waals surface area contributed by atoms with Crippen LogP contribution in [0.5, 0.6) is 11.5 Å². The standard InChI is InChI=1S/C17H11B3ClF3N4O3/c1-30-12-6-25-15(21)26-10(12)4-8-2-3-9(5-11(8)31-29)14-27-13(16(22,23)24)7-28(14)17(18,19)20/h2-3,5-7,29H,4H2,1H3. The number of methoxy groups -OCH3 is 1. The molecule has 0 bridgehead atoms. The lowest BCUT2D eigenvalue weighted by Gasteiger charge is -2.25. The van der Waals surface area contributed by atoms with E-state index in [0.717, 1.165) is 4.57 Å². The summed E-state index contributed by atoms with van der Waals surface area (Å²) in [5.74, 6) is -0.0386. The molecule has 0 amide bonds. The third kappa shape index (κ3) is 4.99. The van der Waals surface area contributed by atoms with Gasteiger partial charge in [-0.15, -0.1) is 0 Å². The van der Waals surface area contributed by atoms with Crippen LogP contribution in [0.15, 0.2) is 30.6 Å². The molecule has 0 saturated carbocycles. The number of alkyl halides is 3. The van der Waals surface area contributed by atoms with Crippen molar-refractivity contribution in [3.63, 3.8) is 0 Å². The first-order valence-electron chi connectivity index (χ1n) is 8.48. The minimum atomic E-state index is -4.76. The molecule has 31 heavy (non-hydrogen) atoms. The van der Waals surface area contributed by atoms with Gasteiger partial charge >= 0.3 is 6.18 Å². The fourth-order valence-electron chi connectivity index (χ4n) is 2.80. The van der Waals surface area contributed by atoms with Gasteiger partial charge in [0, 0.05) is 23.7 Å². The summed E-state index contributed by atoms with van der Waals surface area (Å²) in [6.07, 6.45) is -2.70. The molecule has 0 spiro atoms. The number of benzene rings is 1. The van der Waals surface area contributed by atoms with Gasteiger partial charge in [-0.2, -0.15) is 13.2 Å². The summed E-state index contributed by atoms with van der Waals surface area (Å²) in [6.45, 7) is 0. The third-order valence-corrected chi connectivity index (χ3v) is 4.40. The molecular weight excluding hydrogens is 433 g/mol. The Morgan fingerprint density at radius 3 is 2.45 bits per heavy atom. The van der Waals surface area contributed by atoms with Gasteiger partial charge in [-0.3, -0.25) is 0 Å². The molecule has 1 N–H and O–H groups in total. The van der Waals surface area contributed by atoms with Gasteiger partial charge in [0.2, 0.25) is 5.28 Å². The van der Waals surface area contributed by atoms with Crippen LogP contribution in [0.3, 0.4) is 0 Å². The van der Waals surface area contributed by atoms with Crippen molar-refractivity contribution in [3.05, 3.63) is 52.8 Å². The van der Waals surface area contributed by atoms with Gasteiger partial charge < -0.3 is 14.2 Å². The molecule has 0 atom stereocenters. The van der Waals surface area contributed by atoms with Crippen LogP contribution in [-0.4, -0.2) is 55.4 Å². The molecule has 6 radical (unpaired) electrons. The van der Waals surface area contributed by atoms with Crippen molar-refractivity contribution in [1.29, 1.82) is 0 Å². The van der Waals surface area contributed by atoms with Crippen LogP contribution in [0, 0.1) is 0 Å². The average molecular weight is 444 g/mol. The highest BCUT2D eigenvalue weighted by atomic mass is 35.5. The lowest BCUT2D eigenvalue weighted by Crippen LogP contribution is -2.35. The van der Waals surface area contributed by atoms with Gasteiger partial charge in [0.25, 0.3) is 0 Å². The molecule has 2 heterocycles. The number of hydrogen-bond acceptors (Lipinski definition) is 6. The average Bonchev–Trinajstić information content (AvgIpc) is 3.15. The Labute approximate surface area is 183 Å². The molecule has 3 rings (SSSR count). The molecule has 3 aromatic rings. The van der Waals surface area contributed by atoms with Crippen LogP contribution >= 0.6 is 11.6 Å². The van der Waals surface area contributed by atoms with E-state index in [0.29, 0.717) is 23.2 Å². The van der Waals surface area contributed by atoms with Crippen molar-refractivity contribution >= 4 is 35.1 Å². The number of aromatic nitrogens is 4. The minimum absolute atomic E-state index is 0.0224. The zero-order valence-corrected chi connectivity index (χ0v) is 16.6. The second kappa shape index (κ2) is 8.47. The normalized spacial score (nSPS) is 12.1. The van der Waals surface area contributed by atoms with E-state index in [9.17, 15) is 18.4 Å². The van der Waals surface area contributed by atoms with Crippen molar-refractivity contribution in [3.8, 4) is 22.9 Å². The summed E-state index contributed by atoms with van der Waals surface area (Å²) in [5, 5.41) is 7.15. The summed E-state index contributed by atoms with van der Waals surface area (Å²) in [6, 6.07) is 4.15. The monoisotopic (exact) mass is 444 g/mol. The van der Waals surface area contributed by atoms with Crippen LogP contribution in [0.25, 0.3) is 11.4 Å². The maximum Gasteiger partial charge on any atom is 0.434 e. The summed E-state index contributed by atoms with van der Waals surface area (Å²) in [7, 11) is 18.2. The Bertz CT molecular complexity index is 1110. The first-order valence-corrected chi connectivity index (χ1v) is 8.85. The number of imidazole rings is 1. The fourth-order valence-corrected chi connectivity index (χ4v) is 2.95. The van der Waals surface area contributed by atoms with Crippen molar-refractivity contribution < 1.29 is 28.1 Å². The van der Waals surface area contributed by atoms with E-state index < -0.39 is 17.1 Å². The zero-order valence-electron chi connectivity index (χ0n) is 15.9. The molecule has 0 unspecified atom stereocenters. The van der Waals surface area contributed by atoms with E-state index >= 15 is 0 Å². The molecular formula is C17H11B3ClF3N4O3. The van der Waals surface area contributed by atoms with E-state index in [2.05, 4.69) is 19.8 Å². The van der Waals surface area contributed by atoms with E-state index in [1.165, 1.54) is 31.5 Å². The Morgan fingerprint density at radius 2 is 1.87 bits per heavy atom. The molecule has 7 nitrogen and oxygen atoms in total. The molecule has 14 heteroatoms. The molecule has 0 aliphatic carbocycles. The lowest BCUT2D eigenvalue weighted by atomic mass is 9.49. The van der Waals surface area contributed by atoms with E-state index in [1.54, 1.807) is 0 Å². The third-order valence-electron chi connectivity index (χ3n) is 4.22. The Balaban J connectivity index is 2.07. The van der Waals surface area contributed by atoms with Gasteiger partial charge in [0.05, 0.1) is 42.5 Å². The predicted octanol–water partition coefficient (Wildman–Crippen LogP) is 2.54. The van der Waals surface area contributed by atoms with Crippen molar-refractivity contribution in [1.82, 2.24) is 19.5 Å². The number of rotatable bonds is 6. The van der Waals surface area contributed by atoms with E-state index in [-0.39, 0.29) is 28.8 Å². The Kier molecular flexibility index (Phi) is 6.29. The van der Waals surface area contributed by atoms with Gasteiger partial charge in [-0.1, -0.05) is 17.4 Å². The SMILES string of the molecule is [B]C([B])([B])n1cc(C(F)(F)F)nc1-c1ccc(Cc2nc(Cl)ncc2OC)c(OO)c1. The molecule has 2 aromatic heterocycles. The van der Waals surface area contributed by atoms with Gasteiger partial charge in [0.1, 0.15) is 5.82 Å². The van der Waals surface area contributed by atoms with Crippen molar-refractivity contribution in [2.45, 2.75) is 17.8 Å². The topological polar surface area (TPSA) is 82.3 Å². The van der Waals surface area contributed by atoms with Crippen LogP contribution in [0.2, 0.25) is 5.28 Å². The maximum absolute atomic E-state index is 13.1. The minimum Gasteiger partial charge on any atom is -0.493 e. The van der Waals surface area contributed by atoms with Crippen molar-refractivity contribution in [2.75, 3.05) is 7.11 Å². The zero-order chi connectivity index (χ0) is 23.0. The smallest absolute Gasteiger partial charge is 0.434 e. The molecule has 1 aromatic carbocycles. The van der Waals surface area contributed by atoms with E-state index in [4.69, 9.17) is 39.9 Å². The first kappa shape index (κ1) is 23.0. The highest BCUT2D eigenvalue weighted by Crippen LogP contribution is 2.35. The quantitative estimate of drug-likeness (QED) is 0.273. The largest absolute Gasteiger partial charge is 0.493 e. The summed E-state index contributed by atoms with van der Waals surface area (Å²) >= 11 is 5.82. The summed E-state index contributed by atoms with van der Waals surface area (Å²) in [5.41, 5.74) is -0.349.